The lowest BCUT2D eigenvalue weighted by Gasteiger charge is -2.33. The average Bonchev–Trinajstić information content (AvgIpc) is 2.92. The number of carbonyl (C=O) groups excluding carboxylic acids is 2. The quantitative estimate of drug-likeness (QED) is 0.841. The molecule has 0 aliphatic carbocycles. The van der Waals surface area contributed by atoms with Gasteiger partial charge in [0.15, 0.2) is 0 Å². The van der Waals surface area contributed by atoms with Crippen molar-refractivity contribution in [2.75, 3.05) is 26.2 Å². The Morgan fingerprint density at radius 1 is 1.24 bits per heavy atom. The maximum atomic E-state index is 12.6. The van der Waals surface area contributed by atoms with Crippen LogP contribution in [0.3, 0.4) is 0 Å². The Bertz CT molecular complexity index is 451. The molecule has 118 valence electrons. The Morgan fingerprint density at radius 3 is 2.48 bits per heavy atom. The molecule has 0 saturated carbocycles. The fraction of sp³-hybridized carbons (Fsp3) is 0.800. The Balaban J connectivity index is 2.01. The van der Waals surface area contributed by atoms with Crippen LogP contribution in [0, 0.1) is 11.3 Å². The molecule has 2 rings (SSSR count). The van der Waals surface area contributed by atoms with Crippen molar-refractivity contribution in [1.82, 2.24) is 9.80 Å². The van der Waals surface area contributed by atoms with Crippen LogP contribution < -0.4 is 0 Å². The minimum Gasteiger partial charge on any atom is -0.481 e. The number of piperidine rings is 1. The molecule has 2 unspecified atom stereocenters. The Hall–Kier alpha value is -1.59. The van der Waals surface area contributed by atoms with Gasteiger partial charge in [-0.05, 0) is 25.7 Å². The maximum Gasteiger partial charge on any atom is 0.311 e. The lowest BCUT2D eigenvalue weighted by Crippen LogP contribution is -2.46. The molecule has 0 radical (unpaired) electrons. The van der Waals surface area contributed by atoms with E-state index in [1.54, 1.807) is 9.80 Å². The smallest absolute Gasteiger partial charge is 0.311 e. The van der Waals surface area contributed by atoms with Crippen LogP contribution in [0.25, 0.3) is 0 Å². The first kappa shape index (κ1) is 15.8. The topological polar surface area (TPSA) is 77.9 Å². The van der Waals surface area contributed by atoms with Crippen molar-refractivity contribution in [1.29, 1.82) is 0 Å². The van der Waals surface area contributed by atoms with Gasteiger partial charge in [-0.2, -0.15) is 0 Å². The van der Waals surface area contributed by atoms with Gasteiger partial charge in [-0.25, -0.2) is 0 Å². The fourth-order valence-corrected chi connectivity index (χ4v) is 3.40. The number of hydrogen-bond acceptors (Lipinski definition) is 3. The molecular weight excluding hydrogens is 272 g/mol. The summed E-state index contributed by atoms with van der Waals surface area (Å²) in [5, 5.41) is 9.40. The molecule has 2 aliphatic heterocycles. The number of carbonyl (C=O) groups is 3. The number of carboxylic acids is 1. The van der Waals surface area contributed by atoms with E-state index in [9.17, 15) is 19.5 Å². The highest BCUT2D eigenvalue weighted by Gasteiger charge is 2.46. The van der Waals surface area contributed by atoms with Gasteiger partial charge in [0.25, 0.3) is 0 Å². The second-order valence-corrected chi connectivity index (χ2v) is 6.25. The molecule has 21 heavy (non-hydrogen) atoms. The third-order valence-corrected chi connectivity index (χ3v) is 5.01. The summed E-state index contributed by atoms with van der Waals surface area (Å²) in [6.07, 6.45) is 2.68. The highest BCUT2D eigenvalue weighted by molar-refractivity contribution is 5.83. The van der Waals surface area contributed by atoms with E-state index in [1.807, 2.05) is 6.92 Å². The zero-order chi connectivity index (χ0) is 15.6. The highest BCUT2D eigenvalue weighted by Crippen LogP contribution is 2.35. The van der Waals surface area contributed by atoms with E-state index < -0.39 is 11.4 Å². The predicted octanol–water partition coefficient (Wildman–Crippen LogP) is 0.958. The van der Waals surface area contributed by atoms with Crippen LogP contribution in [-0.2, 0) is 14.4 Å². The molecule has 0 aromatic rings. The molecule has 0 spiro atoms. The van der Waals surface area contributed by atoms with Crippen LogP contribution in [0.15, 0.2) is 0 Å². The predicted molar refractivity (Wildman–Crippen MR) is 76.5 cm³/mol. The standard InChI is InChI=1S/C15H24N2O4/c1-3-15(14(20)21)6-8-17(10-15)13(19)12-5-4-7-16(9-12)11(2)18/h12H,3-10H2,1-2H3,(H,20,21). The number of rotatable bonds is 3. The third-order valence-electron chi connectivity index (χ3n) is 5.01. The van der Waals surface area contributed by atoms with Crippen molar-refractivity contribution in [3.63, 3.8) is 0 Å². The summed E-state index contributed by atoms with van der Waals surface area (Å²) < 4.78 is 0. The number of likely N-dealkylation sites (tertiary alicyclic amines) is 2. The fourth-order valence-electron chi connectivity index (χ4n) is 3.40. The molecule has 2 saturated heterocycles. The van der Waals surface area contributed by atoms with Gasteiger partial charge < -0.3 is 14.9 Å². The van der Waals surface area contributed by atoms with E-state index in [1.165, 1.54) is 6.92 Å². The van der Waals surface area contributed by atoms with Crippen LogP contribution in [0.2, 0.25) is 0 Å². The normalized spacial score (nSPS) is 29.5. The molecule has 2 amide bonds. The first-order chi connectivity index (χ1) is 9.89. The zero-order valence-corrected chi connectivity index (χ0v) is 12.8. The molecule has 6 heteroatoms. The second-order valence-electron chi connectivity index (χ2n) is 6.25. The molecule has 6 nitrogen and oxygen atoms in total. The lowest BCUT2D eigenvalue weighted by atomic mass is 9.84. The van der Waals surface area contributed by atoms with Gasteiger partial charge >= 0.3 is 5.97 Å². The van der Waals surface area contributed by atoms with Gasteiger partial charge in [-0.1, -0.05) is 6.92 Å². The van der Waals surface area contributed by atoms with Crippen LogP contribution in [-0.4, -0.2) is 58.9 Å². The van der Waals surface area contributed by atoms with Crippen molar-refractivity contribution in [3.05, 3.63) is 0 Å². The third kappa shape index (κ3) is 3.04. The Labute approximate surface area is 125 Å². The molecule has 2 fully saturated rings. The molecule has 2 atom stereocenters. The van der Waals surface area contributed by atoms with Gasteiger partial charge in [-0.15, -0.1) is 0 Å². The maximum absolute atomic E-state index is 12.6. The molecule has 0 aromatic heterocycles. The minimum atomic E-state index is -0.811. The van der Waals surface area contributed by atoms with Crippen LogP contribution in [0.5, 0.6) is 0 Å². The second kappa shape index (κ2) is 6.03. The van der Waals surface area contributed by atoms with Gasteiger partial charge in [0.2, 0.25) is 11.8 Å². The number of hydrogen-bond donors (Lipinski definition) is 1. The lowest BCUT2D eigenvalue weighted by molar-refractivity contribution is -0.149. The summed E-state index contributed by atoms with van der Waals surface area (Å²) in [6.45, 7) is 5.38. The first-order valence-electron chi connectivity index (χ1n) is 7.67. The largest absolute Gasteiger partial charge is 0.481 e. The summed E-state index contributed by atoms with van der Waals surface area (Å²) in [4.78, 5) is 38.9. The number of amides is 2. The monoisotopic (exact) mass is 296 g/mol. The Morgan fingerprint density at radius 2 is 1.95 bits per heavy atom. The van der Waals surface area contributed by atoms with Crippen LogP contribution in [0.4, 0.5) is 0 Å². The van der Waals surface area contributed by atoms with Crippen molar-refractivity contribution in [2.45, 2.75) is 39.5 Å². The summed E-state index contributed by atoms with van der Waals surface area (Å²) in [5.74, 6) is -0.974. The van der Waals surface area contributed by atoms with Gasteiger partial charge in [0.1, 0.15) is 0 Å². The van der Waals surface area contributed by atoms with Gasteiger partial charge in [0, 0.05) is 33.1 Å². The molecule has 2 aliphatic rings. The van der Waals surface area contributed by atoms with Crippen LogP contribution >= 0.6 is 0 Å². The summed E-state index contributed by atoms with van der Waals surface area (Å²) in [5.41, 5.74) is -0.787. The highest BCUT2D eigenvalue weighted by atomic mass is 16.4. The van der Waals surface area contributed by atoms with E-state index in [0.717, 1.165) is 12.8 Å². The average molecular weight is 296 g/mol. The number of carboxylic acid groups (broad SMARTS) is 1. The molecule has 1 N–H and O–H groups in total. The molecule has 0 bridgehead atoms. The van der Waals surface area contributed by atoms with E-state index >= 15 is 0 Å². The minimum absolute atomic E-state index is 0.00219. The van der Waals surface area contributed by atoms with E-state index in [-0.39, 0.29) is 17.7 Å². The summed E-state index contributed by atoms with van der Waals surface area (Å²) >= 11 is 0. The molecule has 0 aromatic carbocycles. The van der Waals surface area contributed by atoms with E-state index in [2.05, 4.69) is 0 Å². The van der Waals surface area contributed by atoms with Crippen molar-refractivity contribution >= 4 is 17.8 Å². The Kier molecular flexibility index (Phi) is 4.54. The van der Waals surface area contributed by atoms with E-state index in [0.29, 0.717) is 39.0 Å². The van der Waals surface area contributed by atoms with Gasteiger partial charge in [0.05, 0.1) is 11.3 Å². The van der Waals surface area contributed by atoms with E-state index in [4.69, 9.17) is 0 Å². The van der Waals surface area contributed by atoms with Gasteiger partial charge in [-0.3, -0.25) is 14.4 Å². The SMILES string of the molecule is CCC1(C(=O)O)CCN(C(=O)C2CCCN(C(C)=O)C2)C1. The summed E-state index contributed by atoms with van der Waals surface area (Å²) in [7, 11) is 0. The molecule has 2 heterocycles. The summed E-state index contributed by atoms with van der Waals surface area (Å²) in [6, 6.07) is 0. The van der Waals surface area contributed by atoms with Crippen LogP contribution in [0.1, 0.15) is 39.5 Å². The number of nitrogens with zero attached hydrogens (tertiary/aromatic N) is 2. The molecular formula is C15H24N2O4. The van der Waals surface area contributed by atoms with Crippen molar-refractivity contribution in [3.8, 4) is 0 Å². The number of aliphatic carboxylic acids is 1. The first-order valence-corrected chi connectivity index (χ1v) is 7.67. The van der Waals surface area contributed by atoms with Crippen molar-refractivity contribution in [2.24, 2.45) is 11.3 Å². The van der Waals surface area contributed by atoms with Crippen molar-refractivity contribution < 1.29 is 19.5 Å². The zero-order valence-electron chi connectivity index (χ0n) is 12.8.